The molecule has 0 spiro atoms. The topological polar surface area (TPSA) is 8.17 Å². The maximum atomic E-state index is 2.43. The van der Waals surface area contributed by atoms with E-state index in [-0.39, 0.29) is 0 Å². The summed E-state index contributed by atoms with van der Waals surface area (Å²) in [4.78, 5) is 2.37. The van der Waals surface area contributed by atoms with Gasteiger partial charge in [-0.3, -0.25) is 0 Å². The molecule has 12 rings (SSSR count). The van der Waals surface area contributed by atoms with Crippen molar-refractivity contribution in [3.63, 3.8) is 0 Å². The van der Waals surface area contributed by atoms with Crippen molar-refractivity contribution in [3.05, 3.63) is 255 Å². The Kier molecular flexibility index (Phi) is 9.20. The molecule has 300 valence electrons. The second-order valence-corrected chi connectivity index (χ2v) is 16.5. The first-order valence-electron chi connectivity index (χ1n) is 22.0. The fourth-order valence-corrected chi connectivity index (χ4v) is 9.75. The Morgan fingerprint density at radius 2 is 0.781 bits per heavy atom. The summed E-state index contributed by atoms with van der Waals surface area (Å²) >= 11 is 0. The molecule has 11 aromatic carbocycles. The lowest BCUT2D eigenvalue weighted by Gasteiger charge is -2.26. The monoisotopic (exact) mass is 814 g/mol. The third-order valence-corrected chi connectivity index (χ3v) is 12.8. The summed E-state index contributed by atoms with van der Waals surface area (Å²) in [5.74, 6) is 0. The molecule has 2 heteroatoms. The standard InChI is InChI=1S/C62H42N2/c1-3-14-43(15-4-1)44-28-35-51(36-29-44)63(52-39-32-48(33-40-52)56-25-12-19-46-18-7-8-23-55(46)56)54-22-11-21-50(42-54)45-30-37-53(38-31-45)64-59-27-10-9-24-58(59)62-60(64)41-34-49-20-13-26-57(61(49)62)47-16-5-2-6-17-47/h1-42H. The van der Waals surface area contributed by atoms with Gasteiger partial charge in [-0.15, -0.1) is 0 Å². The van der Waals surface area contributed by atoms with Gasteiger partial charge in [0.25, 0.3) is 0 Å². The number of benzene rings is 11. The zero-order valence-electron chi connectivity index (χ0n) is 35.1. The van der Waals surface area contributed by atoms with E-state index in [2.05, 4.69) is 264 Å². The van der Waals surface area contributed by atoms with Crippen molar-refractivity contribution in [2.75, 3.05) is 4.90 Å². The predicted molar refractivity (Wildman–Crippen MR) is 272 cm³/mol. The Morgan fingerprint density at radius 1 is 0.266 bits per heavy atom. The minimum atomic E-state index is 1.09. The molecule has 64 heavy (non-hydrogen) atoms. The molecule has 0 saturated heterocycles. The molecule has 0 amide bonds. The first kappa shape index (κ1) is 37.3. The molecule has 1 heterocycles. The molecule has 2 nitrogen and oxygen atoms in total. The van der Waals surface area contributed by atoms with Gasteiger partial charge in [0.05, 0.1) is 11.0 Å². The summed E-state index contributed by atoms with van der Waals surface area (Å²) < 4.78 is 2.43. The highest BCUT2D eigenvalue weighted by molar-refractivity contribution is 6.25. The Labute approximate surface area is 373 Å². The summed E-state index contributed by atoms with van der Waals surface area (Å²) in [6.45, 7) is 0. The van der Waals surface area contributed by atoms with Crippen LogP contribution in [0.5, 0.6) is 0 Å². The quantitative estimate of drug-likeness (QED) is 0.148. The van der Waals surface area contributed by atoms with Gasteiger partial charge in [0.15, 0.2) is 0 Å². The van der Waals surface area contributed by atoms with E-state index in [0.29, 0.717) is 0 Å². The number of rotatable bonds is 8. The average molecular weight is 815 g/mol. The molecule has 0 bridgehead atoms. The van der Waals surface area contributed by atoms with Crippen LogP contribution in [0.3, 0.4) is 0 Å². The SMILES string of the molecule is c1ccc(-c2ccc(N(c3ccc(-c4cccc5ccccc45)cc3)c3cccc(-c4ccc(-n5c6ccccc6c6c7c(-c8ccccc8)cccc7ccc65)cc4)c3)cc2)cc1. The number of nitrogens with zero attached hydrogens (tertiary/aromatic N) is 2. The third kappa shape index (κ3) is 6.52. The van der Waals surface area contributed by atoms with Crippen molar-refractivity contribution in [1.29, 1.82) is 0 Å². The minimum Gasteiger partial charge on any atom is -0.310 e. The molecule has 12 aromatic rings. The Balaban J connectivity index is 0.939. The van der Waals surface area contributed by atoms with E-state index in [1.165, 1.54) is 76.7 Å². The summed E-state index contributed by atoms with van der Waals surface area (Å²) in [5, 5.41) is 7.58. The normalized spacial score (nSPS) is 11.4. The Bertz CT molecular complexity index is 3620. The molecule has 0 fully saturated rings. The number of hydrogen-bond donors (Lipinski definition) is 0. The molecule has 0 unspecified atom stereocenters. The molecule has 0 N–H and O–H groups in total. The predicted octanol–water partition coefficient (Wildman–Crippen LogP) is 17.2. The highest BCUT2D eigenvalue weighted by Crippen LogP contribution is 2.42. The number of hydrogen-bond acceptors (Lipinski definition) is 1. The lowest BCUT2D eigenvalue weighted by molar-refractivity contribution is 1.18. The second kappa shape index (κ2) is 15.8. The van der Waals surface area contributed by atoms with Gasteiger partial charge >= 0.3 is 0 Å². The fraction of sp³-hybridized carbons (Fsp3) is 0. The molecule has 0 aliphatic rings. The van der Waals surface area contributed by atoms with Crippen molar-refractivity contribution in [2.24, 2.45) is 0 Å². The third-order valence-electron chi connectivity index (χ3n) is 12.8. The Hall–Kier alpha value is -8.46. The van der Waals surface area contributed by atoms with E-state index in [1.54, 1.807) is 0 Å². The summed E-state index contributed by atoms with van der Waals surface area (Å²) in [7, 11) is 0. The molecular weight excluding hydrogens is 773 g/mol. The zero-order valence-corrected chi connectivity index (χ0v) is 35.1. The molecule has 0 atom stereocenters. The smallest absolute Gasteiger partial charge is 0.0547 e. The van der Waals surface area contributed by atoms with Gasteiger partial charge in [-0.2, -0.15) is 0 Å². The van der Waals surface area contributed by atoms with Crippen molar-refractivity contribution in [2.45, 2.75) is 0 Å². The van der Waals surface area contributed by atoms with Gasteiger partial charge in [0.2, 0.25) is 0 Å². The van der Waals surface area contributed by atoms with Crippen LogP contribution in [0.15, 0.2) is 255 Å². The minimum absolute atomic E-state index is 1.09. The van der Waals surface area contributed by atoms with Crippen LogP contribution in [0.1, 0.15) is 0 Å². The van der Waals surface area contributed by atoms with Gasteiger partial charge < -0.3 is 9.47 Å². The van der Waals surface area contributed by atoms with Crippen molar-refractivity contribution in [3.8, 4) is 50.2 Å². The fourth-order valence-electron chi connectivity index (χ4n) is 9.75. The second-order valence-electron chi connectivity index (χ2n) is 16.5. The number of aromatic nitrogens is 1. The highest BCUT2D eigenvalue weighted by Gasteiger charge is 2.19. The summed E-state index contributed by atoms with van der Waals surface area (Å²) in [6, 6.07) is 92.5. The highest BCUT2D eigenvalue weighted by atomic mass is 15.1. The molecule has 0 aliphatic heterocycles. The number of para-hydroxylation sites is 1. The zero-order chi connectivity index (χ0) is 42.4. The molecular formula is C62H42N2. The molecule has 1 aromatic heterocycles. The largest absolute Gasteiger partial charge is 0.310 e. The van der Waals surface area contributed by atoms with Gasteiger partial charge in [-0.1, -0.05) is 194 Å². The molecule has 0 radical (unpaired) electrons. The lowest BCUT2D eigenvalue weighted by Crippen LogP contribution is -2.10. The maximum Gasteiger partial charge on any atom is 0.0547 e. The van der Waals surface area contributed by atoms with Gasteiger partial charge in [-0.25, -0.2) is 0 Å². The van der Waals surface area contributed by atoms with Crippen LogP contribution in [0, 0.1) is 0 Å². The average Bonchev–Trinajstić information content (AvgIpc) is 3.72. The maximum absolute atomic E-state index is 2.43. The van der Waals surface area contributed by atoms with E-state index in [9.17, 15) is 0 Å². The molecule has 0 saturated carbocycles. The van der Waals surface area contributed by atoms with Crippen molar-refractivity contribution in [1.82, 2.24) is 4.57 Å². The summed E-state index contributed by atoms with van der Waals surface area (Å²) in [5.41, 5.74) is 16.4. The number of fused-ring (bicyclic) bond motifs is 6. The van der Waals surface area contributed by atoms with Crippen LogP contribution >= 0.6 is 0 Å². The van der Waals surface area contributed by atoms with Gasteiger partial charge in [0.1, 0.15) is 0 Å². The van der Waals surface area contributed by atoms with E-state index in [4.69, 9.17) is 0 Å². The van der Waals surface area contributed by atoms with E-state index < -0.39 is 0 Å². The summed E-state index contributed by atoms with van der Waals surface area (Å²) in [6.07, 6.45) is 0. The van der Waals surface area contributed by atoms with E-state index >= 15 is 0 Å². The van der Waals surface area contributed by atoms with Crippen LogP contribution in [-0.4, -0.2) is 4.57 Å². The number of anilines is 3. The van der Waals surface area contributed by atoms with Crippen molar-refractivity contribution < 1.29 is 0 Å². The van der Waals surface area contributed by atoms with Gasteiger partial charge in [-0.05, 0) is 127 Å². The van der Waals surface area contributed by atoms with Crippen molar-refractivity contribution >= 4 is 60.4 Å². The van der Waals surface area contributed by atoms with Crippen LogP contribution in [0.4, 0.5) is 17.1 Å². The van der Waals surface area contributed by atoms with Crippen LogP contribution in [-0.2, 0) is 0 Å². The lowest BCUT2D eigenvalue weighted by atomic mass is 9.94. The Morgan fingerprint density at radius 3 is 1.53 bits per heavy atom. The van der Waals surface area contributed by atoms with E-state index in [1.807, 2.05) is 0 Å². The first-order valence-corrected chi connectivity index (χ1v) is 22.0. The first-order chi connectivity index (χ1) is 31.7. The molecule has 0 aliphatic carbocycles. The van der Waals surface area contributed by atoms with Crippen LogP contribution < -0.4 is 4.90 Å². The van der Waals surface area contributed by atoms with E-state index in [0.717, 1.165) is 33.9 Å². The van der Waals surface area contributed by atoms with Crippen LogP contribution in [0.2, 0.25) is 0 Å². The van der Waals surface area contributed by atoms with Crippen LogP contribution in [0.25, 0.3) is 93.5 Å². The van der Waals surface area contributed by atoms with Gasteiger partial charge in [0, 0.05) is 33.5 Å².